The quantitative estimate of drug-likeness (QED) is 0.290. The van der Waals surface area contributed by atoms with E-state index in [-0.39, 0.29) is 12.0 Å². The van der Waals surface area contributed by atoms with Gasteiger partial charge in [0.05, 0.1) is 6.61 Å². The molecule has 0 unspecified atom stereocenters. The molecule has 0 bridgehead atoms. The Hall–Kier alpha value is -1.59. The summed E-state index contributed by atoms with van der Waals surface area (Å²) in [5, 5.41) is 21.0. The second kappa shape index (κ2) is 6.72. The van der Waals surface area contributed by atoms with Gasteiger partial charge in [0.2, 0.25) is 0 Å². The normalized spacial score (nSPS) is 17.4. The molecule has 1 fully saturated rings. The van der Waals surface area contributed by atoms with Gasteiger partial charge in [-0.25, -0.2) is 0 Å². The molecule has 1 aliphatic rings. The summed E-state index contributed by atoms with van der Waals surface area (Å²) >= 11 is 0. The van der Waals surface area contributed by atoms with Crippen molar-refractivity contribution in [2.24, 2.45) is 16.3 Å². The Balaban J connectivity index is 1.95. The number of benzene rings is 1. The standard InChI is InChI=1S/C15H23N3O2/c16-14(17-20)10-15(6-7-15)12-18(8-9-19)11-13-4-2-1-3-5-13/h1-5,19-20H,6-12H2,(H2,16,17). The minimum Gasteiger partial charge on any atom is -0.409 e. The van der Waals surface area contributed by atoms with E-state index in [4.69, 9.17) is 10.9 Å². The highest BCUT2D eigenvalue weighted by Gasteiger charge is 2.44. The van der Waals surface area contributed by atoms with Gasteiger partial charge in [0.15, 0.2) is 0 Å². The fourth-order valence-electron chi connectivity index (χ4n) is 2.66. The van der Waals surface area contributed by atoms with Crippen LogP contribution in [0.5, 0.6) is 0 Å². The van der Waals surface area contributed by atoms with E-state index in [0.717, 1.165) is 25.9 Å². The van der Waals surface area contributed by atoms with E-state index in [1.165, 1.54) is 5.56 Å². The fraction of sp³-hybridized carbons (Fsp3) is 0.533. The van der Waals surface area contributed by atoms with E-state index in [1.54, 1.807) is 0 Å². The third kappa shape index (κ3) is 4.21. The minimum atomic E-state index is 0.125. The highest BCUT2D eigenvalue weighted by molar-refractivity contribution is 5.80. The van der Waals surface area contributed by atoms with E-state index in [9.17, 15) is 5.11 Å². The summed E-state index contributed by atoms with van der Waals surface area (Å²) in [6.07, 6.45) is 2.82. The number of aliphatic hydroxyl groups is 1. The van der Waals surface area contributed by atoms with Crippen LogP contribution in [0.15, 0.2) is 35.5 Å². The van der Waals surface area contributed by atoms with Gasteiger partial charge in [-0.3, -0.25) is 4.90 Å². The molecule has 0 radical (unpaired) electrons. The second-order valence-corrected chi connectivity index (χ2v) is 5.69. The van der Waals surface area contributed by atoms with Gasteiger partial charge in [-0.1, -0.05) is 35.5 Å². The molecule has 5 nitrogen and oxygen atoms in total. The van der Waals surface area contributed by atoms with Crippen molar-refractivity contribution in [1.82, 2.24) is 4.90 Å². The summed E-state index contributed by atoms with van der Waals surface area (Å²) in [5.74, 6) is 0.297. The second-order valence-electron chi connectivity index (χ2n) is 5.69. The Morgan fingerprint density at radius 3 is 2.55 bits per heavy atom. The highest BCUT2D eigenvalue weighted by Crippen LogP contribution is 2.49. The predicted octanol–water partition coefficient (Wildman–Crippen LogP) is 1.40. The van der Waals surface area contributed by atoms with Gasteiger partial charge < -0.3 is 16.0 Å². The van der Waals surface area contributed by atoms with Gasteiger partial charge in [0.1, 0.15) is 5.84 Å². The van der Waals surface area contributed by atoms with Gasteiger partial charge in [0, 0.05) is 26.1 Å². The van der Waals surface area contributed by atoms with Gasteiger partial charge in [-0.2, -0.15) is 0 Å². The molecule has 0 aliphatic heterocycles. The molecule has 5 heteroatoms. The van der Waals surface area contributed by atoms with Gasteiger partial charge in [-0.15, -0.1) is 0 Å². The maximum Gasteiger partial charge on any atom is 0.139 e. The zero-order chi connectivity index (χ0) is 14.4. The summed E-state index contributed by atoms with van der Waals surface area (Å²) < 4.78 is 0. The number of hydrogen-bond acceptors (Lipinski definition) is 4. The predicted molar refractivity (Wildman–Crippen MR) is 78.5 cm³/mol. The number of aliphatic hydroxyl groups excluding tert-OH is 1. The van der Waals surface area contributed by atoms with Crippen molar-refractivity contribution < 1.29 is 10.3 Å². The maximum absolute atomic E-state index is 9.23. The monoisotopic (exact) mass is 277 g/mol. The van der Waals surface area contributed by atoms with Crippen LogP contribution in [0.3, 0.4) is 0 Å². The molecule has 1 aromatic rings. The van der Waals surface area contributed by atoms with E-state index in [2.05, 4.69) is 22.2 Å². The molecular weight excluding hydrogens is 254 g/mol. The Bertz CT molecular complexity index is 444. The molecule has 2 rings (SSSR count). The maximum atomic E-state index is 9.23. The van der Waals surface area contributed by atoms with Crippen molar-refractivity contribution in [3.8, 4) is 0 Å². The van der Waals surface area contributed by atoms with Crippen LogP contribution in [0.4, 0.5) is 0 Å². The molecule has 1 aliphatic carbocycles. The molecule has 20 heavy (non-hydrogen) atoms. The lowest BCUT2D eigenvalue weighted by Crippen LogP contribution is -2.34. The Morgan fingerprint density at radius 2 is 2.00 bits per heavy atom. The Kier molecular flexibility index (Phi) is 4.98. The minimum absolute atomic E-state index is 0.125. The van der Waals surface area contributed by atoms with Crippen LogP contribution < -0.4 is 5.73 Å². The Morgan fingerprint density at radius 1 is 1.30 bits per heavy atom. The molecule has 1 saturated carbocycles. The third-order valence-electron chi connectivity index (χ3n) is 3.87. The van der Waals surface area contributed by atoms with Crippen LogP contribution in [0, 0.1) is 5.41 Å². The van der Waals surface area contributed by atoms with Crippen LogP contribution in [-0.2, 0) is 6.54 Å². The van der Waals surface area contributed by atoms with Crippen molar-refractivity contribution in [3.05, 3.63) is 35.9 Å². The average molecular weight is 277 g/mol. The number of nitrogens with two attached hydrogens (primary N) is 1. The van der Waals surface area contributed by atoms with Gasteiger partial charge in [-0.05, 0) is 23.8 Å². The smallest absolute Gasteiger partial charge is 0.139 e. The van der Waals surface area contributed by atoms with E-state index in [0.29, 0.717) is 18.8 Å². The van der Waals surface area contributed by atoms with E-state index >= 15 is 0 Å². The fourth-order valence-corrected chi connectivity index (χ4v) is 2.66. The molecule has 0 amide bonds. The molecule has 0 aromatic heterocycles. The van der Waals surface area contributed by atoms with Gasteiger partial charge >= 0.3 is 0 Å². The topological polar surface area (TPSA) is 82.1 Å². The first-order chi connectivity index (χ1) is 9.67. The highest BCUT2D eigenvalue weighted by atomic mass is 16.4. The lowest BCUT2D eigenvalue weighted by atomic mass is 10.0. The first-order valence-corrected chi connectivity index (χ1v) is 7.01. The summed E-state index contributed by atoms with van der Waals surface area (Å²) in [5.41, 5.74) is 7.00. The molecular formula is C15H23N3O2. The van der Waals surface area contributed by atoms with Crippen molar-refractivity contribution >= 4 is 5.84 Å². The lowest BCUT2D eigenvalue weighted by Gasteiger charge is -2.26. The van der Waals surface area contributed by atoms with Crippen LogP contribution in [0.1, 0.15) is 24.8 Å². The van der Waals surface area contributed by atoms with Crippen molar-refractivity contribution in [1.29, 1.82) is 0 Å². The van der Waals surface area contributed by atoms with Crippen LogP contribution >= 0.6 is 0 Å². The number of amidine groups is 1. The number of hydrogen-bond donors (Lipinski definition) is 3. The van der Waals surface area contributed by atoms with Crippen LogP contribution in [0.25, 0.3) is 0 Å². The molecule has 0 saturated heterocycles. The lowest BCUT2D eigenvalue weighted by molar-refractivity contribution is 0.163. The third-order valence-corrected chi connectivity index (χ3v) is 3.87. The molecule has 110 valence electrons. The SMILES string of the molecule is NC(CC1(CN(CCO)Cc2ccccc2)CC1)=NO. The van der Waals surface area contributed by atoms with Crippen molar-refractivity contribution in [3.63, 3.8) is 0 Å². The van der Waals surface area contributed by atoms with Crippen LogP contribution in [-0.4, -0.2) is 40.7 Å². The van der Waals surface area contributed by atoms with E-state index < -0.39 is 0 Å². The molecule has 0 atom stereocenters. The zero-order valence-corrected chi connectivity index (χ0v) is 11.7. The van der Waals surface area contributed by atoms with E-state index in [1.807, 2.05) is 18.2 Å². The largest absolute Gasteiger partial charge is 0.409 e. The molecule has 1 aromatic carbocycles. The zero-order valence-electron chi connectivity index (χ0n) is 11.7. The summed E-state index contributed by atoms with van der Waals surface area (Å²) in [6, 6.07) is 10.2. The molecule has 0 heterocycles. The number of oxime groups is 1. The summed E-state index contributed by atoms with van der Waals surface area (Å²) in [6.45, 7) is 2.48. The summed E-state index contributed by atoms with van der Waals surface area (Å²) in [7, 11) is 0. The first-order valence-electron chi connectivity index (χ1n) is 7.01. The number of rotatable bonds is 8. The Labute approximate surface area is 119 Å². The molecule has 4 N–H and O–H groups in total. The van der Waals surface area contributed by atoms with Gasteiger partial charge in [0.25, 0.3) is 0 Å². The molecule has 0 spiro atoms. The van der Waals surface area contributed by atoms with Crippen molar-refractivity contribution in [2.45, 2.75) is 25.8 Å². The van der Waals surface area contributed by atoms with Crippen molar-refractivity contribution in [2.75, 3.05) is 19.7 Å². The summed E-state index contributed by atoms with van der Waals surface area (Å²) in [4.78, 5) is 2.24. The number of nitrogens with zero attached hydrogens (tertiary/aromatic N) is 2. The van der Waals surface area contributed by atoms with Crippen LogP contribution in [0.2, 0.25) is 0 Å². The first kappa shape index (κ1) is 14.8. The average Bonchev–Trinajstić information content (AvgIpc) is 3.19.